The van der Waals surface area contributed by atoms with E-state index in [-0.39, 0.29) is 0 Å². The number of aromatic nitrogens is 2. The Morgan fingerprint density at radius 1 is 1.26 bits per heavy atom. The number of aryl methyl sites for hydroxylation is 2. The number of nitriles is 1. The van der Waals surface area contributed by atoms with Crippen LogP contribution in [0.4, 0.5) is 25.2 Å². The molecule has 112 valence electrons. The maximum absolute atomic E-state index is 10.7. The van der Waals surface area contributed by atoms with Crippen molar-refractivity contribution in [2.24, 2.45) is 7.05 Å². The summed E-state index contributed by atoms with van der Waals surface area (Å²) >= 11 is 0. The van der Waals surface area contributed by atoms with E-state index in [1.165, 1.54) is 5.82 Å². The topological polar surface area (TPSA) is 32.6 Å². The number of halogens is 6. The van der Waals surface area contributed by atoms with Crippen LogP contribution < -0.4 is 4.57 Å². The molecule has 0 fully saturated rings. The summed E-state index contributed by atoms with van der Waals surface area (Å²) < 4.78 is 63.4. The van der Waals surface area contributed by atoms with Gasteiger partial charge in [0.2, 0.25) is 0 Å². The van der Waals surface area contributed by atoms with E-state index in [4.69, 9.17) is 5.26 Å². The van der Waals surface area contributed by atoms with E-state index in [2.05, 4.69) is 22.1 Å². The van der Waals surface area contributed by atoms with Gasteiger partial charge in [0.05, 0.1) is 19.7 Å². The number of unbranched alkanes of at least 4 members (excludes halogenated alkanes) is 1. The van der Waals surface area contributed by atoms with E-state index < -0.39 is 7.81 Å². The SMILES string of the molecule is Cc1n(CCCC#N)cc[n+]1C.F[P-](F)(F)(F)(F)F. The molecular weight excluding hydrogens is 295 g/mol. The standard InChI is InChI=1S/C9H14N3.F6P/c1-9-11(2)7-8-12(9)6-4-3-5-10;1-7(2,3,4,5)6/h7-8H,3-4,6H2,1-2H3;/q+1;-1. The first-order chi connectivity index (χ1) is 8.20. The van der Waals surface area contributed by atoms with Crippen LogP contribution in [0.1, 0.15) is 18.7 Å². The molecule has 0 atom stereocenters. The Bertz CT molecular complexity index is 458. The van der Waals surface area contributed by atoms with E-state index in [0.29, 0.717) is 6.42 Å². The van der Waals surface area contributed by atoms with E-state index in [0.717, 1.165) is 13.0 Å². The van der Waals surface area contributed by atoms with E-state index in [9.17, 15) is 25.2 Å². The van der Waals surface area contributed by atoms with E-state index in [1.807, 2.05) is 19.4 Å². The molecule has 0 aliphatic rings. The molecular formula is C9H14F6N3P. The molecule has 0 aromatic carbocycles. The van der Waals surface area contributed by atoms with Crippen molar-refractivity contribution in [3.63, 3.8) is 0 Å². The Morgan fingerprint density at radius 3 is 2.05 bits per heavy atom. The molecule has 3 nitrogen and oxygen atoms in total. The average Bonchev–Trinajstić information content (AvgIpc) is 2.45. The normalized spacial score (nSPS) is 14.7. The van der Waals surface area contributed by atoms with Crippen molar-refractivity contribution in [1.29, 1.82) is 5.26 Å². The first-order valence-corrected chi connectivity index (χ1v) is 7.18. The van der Waals surface area contributed by atoms with Crippen molar-refractivity contribution in [3.8, 4) is 6.07 Å². The van der Waals surface area contributed by atoms with E-state index >= 15 is 0 Å². The molecule has 0 unspecified atom stereocenters. The molecule has 0 spiro atoms. The van der Waals surface area contributed by atoms with Gasteiger partial charge in [0.15, 0.2) is 0 Å². The van der Waals surface area contributed by atoms with Gasteiger partial charge in [0.1, 0.15) is 12.4 Å². The monoisotopic (exact) mass is 309 g/mol. The van der Waals surface area contributed by atoms with Gasteiger partial charge in [-0.1, -0.05) is 0 Å². The third-order valence-electron chi connectivity index (χ3n) is 2.08. The number of nitrogens with zero attached hydrogens (tertiary/aromatic N) is 3. The van der Waals surface area contributed by atoms with Crippen molar-refractivity contribution in [1.82, 2.24) is 4.57 Å². The Labute approximate surface area is 106 Å². The van der Waals surface area contributed by atoms with Crippen molar-refractivity contribution >= 4 is 7.81 Å². The Kier molecular flexibility index (Phi) is 4.66. The first-order valence-electron chi connectivity index (χ1n) is 5.15. The van der Waals surface area contributed by atoms with Crippen LogP contribution in [0.2, 0.25) is 0 Å². The summed E-state index contributed by atoms with van der Waals surface area (Å²) in [5.74, 6) is 1.23. The van der Waals surface area contributed by atoms with Crippen LogP contribution in [-0.4, -0.2) is 4.57 Å². The second-order valence-corrected chi connectivity index (χ2v) is 5.79. The van der Waals surface area contributed by atoms with Gasteiger partial charge >= 0.3 is 33.0 Å². The van der Waals surface area contributed by atoms with Crippen LogP contribution in [0.3, 0.4) is 0 Å². The van der Waals surface area contributed by atoms with Gasteiger partial charge in [0, 0.05) is 13.3 Å². The first kappa shape index (κ1) is 17.7. The molecule has 1 aromatic heterocycles. The molecule has 0 saturated heterocycles. The van der Waals surface area contributed by atoms with Gasteiger partial charge in [0.25, 0.3) is 5.82 Å². The summed E-state index contributed by atoms with van der Waals surface area (Å²) in [4.78, 5) is 0. The van der Waals surface area contributed by atoms with Crippen molar-refractivity contribution in [3.05, 3.63) is 18.2 Å². The van der Waals surface area contributed by atoms with Crippen molar-refractivity contribution in [2.45, 2.75) is 26.3 Å². The molecule has 10 heteroatoms. The summed E-state index contributed by atoms with van der Waals surface area (Å²) in [6, 6.07) is 2.14. The van der Waals surface area contributed by atoms with Gasteiger partial charge in [-0.05, 0) is 6.42 Å². The summed E-state index contributed by atoms with van der Waals surface area (Å²) in [6.07, 6.45) is 5.65. The fourth-order valence-electron chi connectivity index (χ4n) is 1.16. The molecule has 0 aliphatic heterocycles. The molecule has 1 rings (SSSR count). The molecule has 19 heavy (non-hydrogen) atoms. The minimum absolute atomic E-state index is 0.640. The quantitative estimate of drug-likeness (QED) is 0.354. The molecule has 0 N–H and O–H groups in total. The van der Waals surface area contributed by atoms with Crippen molar-refractivity contribution in [2.75, 3.05) is 0 Å². The molecule has 0 saturated carbocycles. The second kappa shape index (κ2) is 5.00. The zero-order valence-electron chi connectivity index (χ0n) is 10.3. The molecule has 1 aromatic rings. The summed E-state index contributed by atoms with van der Waals surface area (Å²) in [6.45, 7) is 3.02. The molecule has 0 aliphatic carbocycles. The summed E-state index contributed by atoms with van der Waals surface area (Å²) in [7, 11) is -8.63. The van der Waals surface area contributed by atoms with Gasteiger partial charge in [-0.3, -0.25) is 0 Å². The van der Waals surface area contributed by atoms with Gasteiger partial charge in [-0.25, -0.2) is 9.13 Å². The van der Waals surface area contributed by atoms with Crippen LogP contribution in [0.5, 0.6) is 0 Å². The zero-order valence-corrected chi connectivity index (χ0v) is 11.2. The zero-order chi connectivity index (χ0) is 15.4. The van der Waals surface area contributed by atoms with Crippen molar-refractivity contribution < 1.29 is 29.7 Å². The molecule has 0 bridgehead atoms. The van der Waals surface area contributed by atoms with Crippen LogP contribution in [-0.2, 0) is 13.6 Å². The molecule has 0 amide bonds. The third kappa shape index (κ3) is 12.9. The number of imidazole rings is 1. The predicted molar refractivity (Wildman–Crippen MR) is 58.8 cm³/mol. The third-order valence-corrected chi connectivity index (χ3v) is 2.08. The van der Waals surface area contributed by atoms with Crippen LogP contribution >= 0.6 is 7.81 Å². The van der Waals surface area contributed by atoms with Crippen LogP contribution in [0, 0.1) is 18.3 Å². The summed E-state index contributed by atoms with van der Waals surface area (Å²) in [5.41, 5.74) is 0. The van der Waals surface area contributed by atoms with Gasteiger partial charge < -0.3 is 0 Å². The Balaban J connectivity index is 0.000000399. The fourth-order valence-corrected chi connectivity index (χ4v) is 1.16. The Hall–Kier alpha value is -1.29. The summed E-state index contributed by atoms with van der Waals surface area (Å²) in [5, 5.41) is 8.35. The maximum atomic E-state index is 9.87. The van der Waals surface area contributed by atoms with Crippen LogP contribution in [0.15, 0.2) is 12.4 Å². The van der Waals surface area contributed by atoms with Crippen LogP contribution in [0.25, 0.3) is 0 Å². The predicted octanol–water partition coefficient (Wildman–Crippen LogP) is 4.31. The second-order valence-electron chi connectivity index (χ2n) is 3.87. The minimum atomic E-state index is -10.7. The fraction of sp³-hybridized carbons (Fsp3) is 0.556. The van der Waals surface area contributed by atoms with Gasteiger partial charge in [-0.2, -0.15) is 5.26 Å². The Morgan fingerprint density at radius 2 is 1.74 bits per heavy atom. The number of hydrogen-bond acceptors (Lipinski definition) is 1. The molecule has 0 radical (unpaired) electrons. The average molecular weight is 309 g/mol. The number of hydrogen-bond donors (Lipinski definition) is 0. The van der Waals surface area contributed by atoms with Gasteiger partial charge in [-0.15, -0.1) is 0 Å². The molecule has 1 heterocycles. The number of rotatable bonds is 3. The van der Waals surface area contributed by atoms with E-state index in [1.54, 1.807) is 0 Å².